The number of nitrogens with one attached hydrogen (secondary N) is 1. The molecule has 0 spiro atoms. The smallest absolute Gasteiger partial charge is 0.305 e. The summed E-state index contributed by atoms with van der Waals surface area (Å²) in [7, 11) is 1.70. The molecule has 2 N–H and O–H groups in total. The van der Waals surface area contributed by atoms with Crippen molar-refractivity contribution in [2.45, 2.75) is 32.7 Å². The third-order valence-corrected chi connectivity index (χ3v) is 3.95. The van der Waals surface area contributed by atoms with Crippen LogP contribution in [-0.4, -0.2) is 26.8 Å². The molecular formula is C18H22ClN3O3. The molecule has 0 aliphatic heterocycles. The van der Waals surface area contributed by atoms with Crippen molar-refractivity contribution in [1.82, 2.24) is 15.1 Å². The Balaban J connectivity index is 2.22. The van der Waals surface area contributed by atoms with Gasteiger partial charge >= 0.3 is 5.97 Å². The summed E-state index contributed by atoms with van der Waals surface area (Å²) in [6.07, 6.45) is 0.538. The van der Waals surface area contributed by atoms with Crippen molar-refractivity contribution >= 4 is 23.5 Å². The highest BCUT2D eigenvalue weighted by Gasteiger charge is 2.21. The van der Waals surface area contributed by atoms with Crippen molar-refractivity contribution in [3.8, 4) is 0 Å². The van der Waals surface area contributed by atoms with E-state index < -0.39 is 12.0 Å². The summed E-state index contributed by atoms with van der Waals surface area (Å²) in [5, 5.41) is 16.8. The van der Waals surface area contributed by atoms with Crippen LogP contribution in [0.4, 0.5) is 0 Å². The van der Waals surface area contributed by atoms with Gasteiger partial charge < -0.3 is 10.4 Å². The van der Waals surface area contributed by atoms with E-state index in [-0.39, 0.29) is 12.3 Å². The lowest BCUT2D eigenvalue weighted by atomic mass is 10.0. The van der Waals surface area contributed by atoms with Crippen molar-refractivity contribution in [2.24, 2.45) is 13.0 Å². The Labute approximate surface area is 151 Å². The standard InChI is InChI=1S/C18H22ClN3O3/c1-11(2)7-14-9-16(22(3)21-14)18(25)20-15(10-17(23)24)12-5-4-6-13(19)8-12/h4-6,8-9,11,15H,7,10H2,1-3H3,(H,20,25)(H,23,24)/t15-/m1/s1. The first-order valence-corrected chi connectivity index (χ1v) is 8.45. The monoisotopic (exact) mass is 363 g/mol. The highest BCUT2D eigenvalue weighted by atomic mass is 35.5. The number of hydrogen-bond donors (Lipinski definition) is 2. The molecule has 6 nitrogen and oxygen atoms in total. The Kier molecular flexibility index (Phi) is 6.20. The summed E-state index contributed by atoms with van der Waals surface area (Å²) in [5.41, 5.74) is 1.88. The van der Waals surface area contributed by atoms with E-state index in [9.17, 15) is 9.59 Å². The van der Waals surface area contributed by atoms with Crippen LogP contribution < -0.4 is 5.32 Å². The van der Waals surface area contributed by atoms with Crippen LogP contribution in [-0.2, 0) is 18.3 Å². The van der Waals surface area contributed by atoms with E-state index in [1.54, 1.807) is 37.4 Å². The minimum atomic E-state index is -1.00. The van der Waals surface area contributed by atoms with Crippen molar-refractivity contribution in [2.75, 3.05) is 0 Å². The van der Waals surface area contributed by atoms with Gasteiger partial charge in [0.15, 0.2) is 0 Å². The number of carbonyl (C=O) groups is 2. The summed E-state index contributed by atoms with van der Waals surface area (Å²) in [6.45, 7) is 4.16. The quantitative estimate of drug-likeness (QED) is 0.791. The fraction of sp³-hybridized carbons (Fsp3) is 0.389. The fourth-order valence-corrected chi connectivity index (χ4v) is 2.84. The molecule has 0 aliphatic carbocycles. The molecule has 7 heteroatoms. The second kappa shape index (κ2) is 8.16. The van der Waals surface area contributed by atoms with Crippen LogP contribution in [0.2, 0.25) is 5.02 Å². The van der Waals surface area contributed by atoms with Gasteiger partial charge in [-0.15, -0.1) is 0 Å². The summed E-state index contributed by atoms with van der Waals surface area (Å²) >= 11 is 5.98. The van der Waals surface area contributed by atoms with Crippen LogP contribution in [0.5, 0.6) is 0 Å². The number of aryl methyl sites for hydroxylation is 1. The van der Waals surface area contributed by atoms with Crippen LogP contribution in [0.1, 0.15) is 48.1 Å². The van der Waals surface area contributed by atoms with Crippen LogP contribution >= 0.6 is 11.6 Å². The third kappa shape index (κ3) is 5.32. The Hall–Kier alpha value is -2.34. The molecule has 1 heterocycles. The maximum atomic E-state index is 12.6. The van der Waals surface area contributed by atoms with Gasteiger partial charge in [-0.3, -0.25) is 14.3 Å². The maximum Gasteiger partial charge on any atom is 0.305 e. The zero-order chi connectivity index (χ0) is 18.6. The second-order valence-corrected chi connectivity index (χ2v) is 6.86. The molecule has 0 radical (unpaired) electrons. The second-order valence-electron chi connectivity index (χ2n) is 6.42. The predicted octanol–water partition coefficient (Wildman–Crippen LogP) is 3.22. The molecule has 1 atom stereocenters. The van der Waals surface area contributed by atoms with Gasteiger partial charge in [-0.2, -0.15) is 5.10 Å². The topological polar surface area (TPSA) is 84.2 Å². The first-order chi connectivity index (χ1) is 11.8. The number of amides is 1. The van der Waals surface area contributed by atoms with Crippen molar-refractivity contribution in [3.63, 3.8) is 0 Å². The molecule has 134 valence electrons. The third-order valence-electron chi connectivity index (χ3n) is 3.72. The highest BCUT2D eigenvalue weighted by molar-refractivity contribution is 6.30. The molecule has 1 aromatic heterocycles. The van der Waals surface area contributed by atoms with Crippen LogP contribution in [0.25, 0.3) is 0 Å². The molecule has 1 aromatic carbocycles. The van der Waals surface area contributed by atoms with Crippen LogP contribution in [0, 0.1) is 5.92 Å². The molecular weight excluding hydrogens is 342 g/mol. The molecule has 0 unspecified atom stereocenters. The molecule has 2 aromatic rings. The van der Waals surface area contributed by atoms with Gasteiger partial charge in [0, 0.05) is 12.1 Å². The van der Waals surface area contributed by atoms with Gasteiger partial charge in [0.05, 0.1) is 18.2 Å². The van der Waals surface area contributed by atoms with Gasteiger partial charge in [-0.25, -0.2) is 0 Å². The summed E-state index contributed by atoms with van der Waals surface area (Å²) < 4.78 is 1.52. The lowest BCUT2D eigenvalue weighted by Crippen LogP contribution is -2.31. The Morgan fingerprint density at radius 1 is 1.32 bits per heavy atom. The van der Waals surface area contributed by atoms with Crippen molar-refractivity contribution in [1.29, 1.82) is 0 Å². The number of carbonyl (C=O) groups excluding carboxylic acids is 1. The molecule has 1 amide bonds. The van der Waals surface area contributed by atoms with E-state index in [0.717, 1.165) is 12.1 Å². The van der Waals surface area contributed by atoms with Gasteiger partial charge in [0.2, 0.25) is 0 Å². The van der Waals surface area contributed by atoms with Gasteiger partial charge in [0.25, 0.3) is 5.91 Å². The molecule has 0 aliphatic rings. The number of carboxylic acid groups (broad SMARTS) is 1. The Bertz CT molecular complexity index is 771. The number of hydrogen-bond acceptors (Lipinski definition) is 3. The van der Waals surface area contributed by atoms with Crippen molar-refractivity contribution < 1.29 is 14.7 Å². The zero-order valence-corrected chi connectivity index (χ0v) is 15.2. The van der Waals surface area contributed by atoms with Crippen LogP contribution in [0.3, 0.4) is 0 Å². The number of aliphatic carboxylic acids is 1. The number of halogens is 1. The minimum Gasteiger partial charge on any atom is -0.481 e. The number of nitrogens with zero attached hydrogens (tertiary/aromatic N) is 2. The normalized spacial score (nSPS) is 12.2. The Morgan fingerprint density at radius 3 is 2.64 bits per heavy atom. The summed E-state index contributed by atoms with van der Waals surface area (Å²) in [5.74, 6) is -0.941. The molecule has 0 saturated heterocycles. The fourth-order valence-electron chi connectivity index (χ4n) is 2.64. The molecule has 25 heavy (non-hydrogen) atoms. The lowest BCUT2D eigenvalue weighted by molar-refractivity contribution is -0.137. The first-order valence-electron chi connectivity index (χ1n) is 8.07. The van der Waals surface area contributed by atoms with Crippen LogP contribution in [0.15, 0.2) is 30.3 Å². The van der Waals surface area contributed by atoms with Crippen molar-refractivity contribution in [3.05, 3.63) is 52.3 Å². The SMILES string of the molecule is CC(C)Cc1cc(C(=O)N[C@H](CC(=O)O)c2cccc(Cl)c2)n(C)n1. The average molecular weight is 364 g/mol. The minimum absolute atomic E-state index is 0.233. The van der Waals surface area contributed by atoms with E-state index in [1.807, 2.05) is 0 Å². The van der Waals surface area contributed by atoms with E-state index in [1.165, 1.54) is 4.68 Å². The van der Waals surface area contributed by atoms with E-state index >= 15 is 0 Å². The number of benzene rings is 1. The molecule has 0 bridgehead atoms. The predicted molar refractivity (Wildman–Crippen MR) is 95.7 cm³/mol. The lowest BCUT2D eigenvalue weighted by Gasteiger charge is -2.17. The first kappa shape index (κ1) is 19.0. The molecule has 0 fully saturated rings. The van der Waals surface area contributed by atoms with Gasteiger partial charge in [-0.05, 0) is 36.1 Å². The van der Waals surface area contributed by atoms with E-state index in [2.05, 4.69) is 24.3 Å². The summed E-state index contributed by atoms with van der Waals surface area (Å²) in [6, 6.07) is 7.89. The Morgan fingerprint density at radius 2 is 2.04 bits per heavy atom. The van der Waals surface area contributed by atoms with E-state index in [0.29, 0.717) is 22.2 Å². The molecule has 2 rings (SSSR count). The molecule has 0 saturated carbocycles. The zero-order valence-electron chi connectivity index (χ0n) is 14.5. The maximum absolute atomic E-state index is 12.6. The summed E-state index contributed by atoms with van der Waals surface area (Å²) in [4.78, 5) is 23.8. The van der Waals surface area contributed by atoms with Gasteiger partial charge in [-0.1, -0.05) is 37.6 Å². The number of rotatable bonds is 7. The average Bonchev–Trinajstić information content (AvgIpc) is 2.85. The highest BCUT2D eigenvalue weighted by Crippen LogP contribution is 2.21. The number of carboxylic acids is 1. The largest absolute Gasteiger partial charge is 0.481 e. The van der Waals surface area contributed by atoms with Gasteiger partial charge in [0.1, 0.15) is 5.69 Å². The number of aromatic nitrogens is 2. The van der Waals surface area contributed by atoms with E-state index in [4.69, 9.17) is 16.7 Å².